The van der Waals surface area contributed by atoms with Crippen LogP contribution in [0.5, 0.6) is 0 Å². The normalized spacial score (nSPS) is 33.5. The van der Waals surface area contributed by atoms with Crippen molar-refractivity contribution in [3.05, 3.63) is 36.0 Å². The molecule has 0 aliphatic carbocycles. The van der Waals surface area contributed by atoms with Crippen LogP contribution in [0.4, 0.5) is 0 Å². The first-order chi connectivity index (χ1) is 20.3. The van der Waals surface area contributed by atoms with Gasteiger partial charge in [-0.05, 0) is 52.7 Å². The number of nitrogens with zero attached hydrogens (tertiary/aromatic N) is 1. The predicted molar refractivity (Wildman–Crippen MR) is 162 cm³/mol. The maximum absolute atomic E-state index is 12.7. The van der Waals surface area contributed by atoms with Crippen molar-refractivity contribution in [3.8, 4) is 0 Å². The first-order valence-electron chi connectivity index (χ1n) is 15.4. The largest absolute Gasteiger partial charge is 0.459 e. The van der Waals surface area contributed by atoms with Gasteiger partial charge in [-0.1, -0.05) is 30.7 Å². The molecule has 11 nitrogen and oxygen atoms in total. The third kappa shape index (κ3) is 10.5. The molecule has 2 amide bonds. The number of rotatable bonds is 13. The van der Waals surface area contributed by atoms with Crippen LogP contribution < -0.4 is 10.6 Å². The van der Waals surface area contributed by atoms with E-state index >= 15 is 0 Å². The van der Waals surface area contributed by atoms with E-state index in [2.05, 4.69) is 23.6 Å². The molecular weight excluding hydrogens is 554 g/mol. The highest BCUT2D eigenvalue weighted by atomic mass is 16.6. The molecule has 3 rings (SSSR count). The Morgan fingerprint density at radius 3 is 2.56 bits per heavy atom. The minimum atomic E-state index is -0.792. The molecule has 11 heteroatoms. The lowest BCUT2D eigenvalue weighted by Gasteiger charge is -2.39. The summed E-state index contributed by atoms with van der Waals surface area (Å²) in [6.07, 6.45) is 8.77. The molecular formula is C32H51N3O8. The number of hydrogen-bond donors (Lipinski definition) is 3. The van der Waals surface area contributed by atoms with E-state index in [-0.39, 0.29) is 48.5 Å². The van der Waals surface area contributed by atoms with Gasteiger partial charge < -0.3 is 39.6 Å². The molecule has 0 radical (unpaired) electrons. The Morgan fingerprint density at radius 2 is 1.91 bits per heavy atom. The summed E-state index contributed by atoms with van der Waals surface area (Å²) in [4.78, 5) is 37.8. The van der Waals surface area contributed by atoms with Crippen molar-refractivity contribution in [2.24, 2.45) is 5.92 Å². The van der Waals surface area contributed by atoms with E-state index < -0.39 is 29.9 Å². The minimum Gasteiger partial charge on any atom is -0.459 e. The highest BCUT2D eigenvalue weighted by Crippen LogP contribution is 2.43. The number of nitrogens with one attached hydrogen (secondary N) is 2. The van der Waals surface area contributed by atoms with Crippen LogP contribution in [-0.2, 0) is 33.3 Å². The van der Waals surface area contributed by atoms with E-state index in [1.165, 1.54) is 13.0 Å². The summed E-state index contributed by atoms with van der Waals surface area (Å²) in [5.74, 6) is -0.412. The molecule has 3 heterocycles. The van der Waals surface area contributed by atoms with Crippen LogP contribution >= 0.6 is 0 Å². The molecule has 0 aromatic carbocycles. The molecule has 0 saturated carbocycles. The van der Waals surface area contributed by atoms with Gasteiger partial charge in [-0.25, -0.2) is 0 Å². The Hall–Kier alpha value is -2.57. The van der Waals surface area contributed by atoms with Gasteiger partial charge in [0.2, 0.25) is 11.8 Å². The fourth-order valence-corrected chi connectivity index (χ4v) is 5.64. The molecule has 3 N–H and O–H groups in total. The summed E-state index contributed by atoms with van der Waals surface area (Å²) in [5.41, 5.74) is 0.376. The molecule has 3 aliphatic rings. The number of ether oxygens (including phenoxy) is 4. The molecule has 0 aromatic rings. The Bertz CT molecular complexity index is 1060. The summed E-state index contributed by atoms with van der Waals surface area (Å²) in [6.45, 7) is 10.9. The Kier molecular flexibility index (Phi) is 12.9. The third-order valence-electron chi connectivity index (χ3n) is 8.45. The van der Waals surface area contributed by atoms with Gasteiger partial charge in [-0.15, -0.1) is 0 Å². The molecule has 242 valence electrons. The second-order valence-electron chi connectivity index (χ2n) is 12.3. The van der Waals surface area contributed by atoms with Crippen LogP contribution in [0, 0.1) is 5.92 Å². The fraction of sp³-hybridized carbons (Fsp3) is 0.719. The van der Waals surface area contributed by atoms with Gasteiger partial charge >= 0.3 is 5.97 Å². The summed E-state index contributed by atoms with van der Waals surface area (Å²) in [5, 5.41) is 17.0. The molecule has 3 aliphatic heterocycles. The summed E-state index contributed by atoms with van der Waals surface area (Å²) in [6, 6.07) is -0.123. The zero-order chi connectivity index (χ0) is 31.7. The van der Waals surface area contributed by atoms with Crippen molar-refractivity contribution in [1.29, 1.82) is 0 Å². The van der Waals surface area contributed by atoms with Gasteiger partial charge in [-0.2, -0.15) is 0 Å². The predicted octanol–water partition coefficient (Wildman–Crippen LogP) is 2.04. The van der Waals surface area contributed by atoms with Crippen LogP contribution in [0.3, 0.4) is 0 Å². The van der Waals surface area contributed by atoms with Crippen LogP contribution in [-0.4, -0.2) is 110 Å². The fourth-order valence-electron chi connectivity index (χ4n) is 5.64. The Balaban J connectivity index is 1.50. The standard InChI is InChI=1S/C32H51N3O8/c1-20(8-11-27-21(2)16-26(23(4)42-27)34-29(37)13-10-22(3)41-24(5)36)9-12-28-31(39)32(19-40-32)18-25(43-28)17-30(38)35(7)15-14-33-6/h8-10,12-13,21-23,25-28,31,33,39H,11,14-19H2,1-7H3,(H,34,37)/t21-,22?,23+,25+,26+,27-,28+,31+,32+/m0/s1. The number of aliphatic hydroxyl groups is 1. The second-order valence-corrected chi connectivity index (χ2v) is 12.3. The monoisotopic (exact) mass is 605 g/mol. The number of esters is 1. The van der Waals surface area contributed by atoms with E-state index in [0.717, 1.165) is 12.0 Å². The zero-order valence-corrected chi connectivity index (χ0v) is 26.7. The van der Waals surface area contributed by atoms with Crippen LogP contribution in [0.2, 0.25) is 0 Å². The number of hydrogen-bond acceptors (Lipinski definition) is 9. The molecule has 1 unspecified atom stereocenters. The van der Waals surface area contributed by atoms with E-state index in [4.69, 9.17) is 18.9 Å². The maximum atomic E-state index is 12.7. The number of allylic oxidation sites excluding steroid dienone is 2. The van der Waals surface area contributed by atoms with Gasteiger partial charge in [0.05, 0.1) is 37.4 Å². The third-order valence-corrected chi connectivity index (χ3v) is 8.45. The SMILES string of the molecule is CNCCN(C)C(=O)C[C@@H]1C[C@@]2(CO2)[C@H](O)[C@@H](C=CC(C)=CC[C@@H]2O[C@H](C)[C@H](NC(=O)C=CC(C)OC(C)=O)C[C@@H]2C)O1. The van der Waals surface area contributed by atoms with E-state index in [0.29, 0.717) is 32.5 Å². The van der Waals surface area contributed by atoms with Crippen LogP contribution in [0.1, 0.15) is 60.3 Å². The van der Waals surface area contributed by atoms with Crippen molar-refractivity contribution >= 4 is 17.8 Å². The topological polar surface area (TPSA) is 139 Å². The lowest BCUT2D eigenvalue weighted by Crippen LogP contribution is -2.51. The maximum Gasteiger partial charge on any atom is 0.303 e. The van der Waals surface area contributed by atoms with Crippen molar-refractivity contribution in [2.45, 2.75) is 109 Å². The highest BCUT2D eigenvalue weighted by Gasteiger charge is 2.58. The number of carbonyl (C=O) groups excluding carboxylic acids is 3. The molecule has 43 heavy (non-hydrogen) atoms. The van der Waals surface area contributed by atoms with Gasteiger partial charge in [0.25, 0.3) is 0 Å². The number of aliphatic hydroxyl groups excluding tert-OH is 1. The highest BCUT2D eigenvalue weighted by molar-refractivity contribution is 5.87. The first-order valence-corrected chi connectivity index (χ1v) is 15.4. The minimum absolute atomic E-state index is 0.000905. The van der Waals surface area contributed by atoms with Crippen LogP contribution in [0.25, 0.3) is 0 Å². The average molecular weight is 606 g/mol. The van der Waals surface area contributed by atoms with E-state index in [1.807, 2.05) is 33.0 Å². The Morgan fingerprint density at radius 1 is 1.19 bits per heavy atom. The van der Waals surface area contributed by atoms with Crippen molar-refractivity contribution in [1.82, 2.24) is 15.5 Å². The summed E-state index contributed by atoms with van der Waals surface area (Å²) >= 11 is 0. The lowest BCUT2D eigenvalue weighted by molar-refractivity contribution is -0.150. The van der Waals surface area contributed by atoms with Crippen molar-refractivity contribution in [2.75, 3.05) is 33.8 Å². The number of carbonyl (C=O) groups is 3. The molecule has 0 aromatic heterocycles. The molecule has 0 bridgehead atoms. The lowest BCUT2D eigenvalue weighted by atomic mass is 9.87. The smallest absolute Gasteiger partial charge is 0.303 e. The molecule has 1 spiro atoms. The van der Waals surface area contributed by atoms with Crippen molar-refractivity contribution < 1.29 is 38.4 Å². The second kappa shape index (κ2) is 15.9. The van der Waals surface area contributed by atoms with Gasteiger partial charge in [0.15, 0.2) is 0 Å². The number of epoxide rings is 1. The summed E-state index contributed by atoms with van der Waals surface area (Å²) in [7, 11) is 3.64. The van der Waals surface area contributed by atoms with E-state index in [1.54, 1.807) is 24.9 Å². The molecule has 3 saturated heterocycles. The zero-order valence-electron chi connectivity index (χ0n) is 26.7. The Labute approximate surface area is 256 Å². The van der Waals surface area contributed by atoms with Crippen molar-refractivity contribution in [3.63, 3.8) is 0 Å². The quantitative estimate of drug-likeness (QED) is 0.125. The summed E-state index contributed by atoms with van der Waals surface area (Å²) < 4.78 is 23.1. The van der Waals surface area contributed by atoms with Gasteiger partial charge in [0.1, 0.15) is 23.9 Å². The number of amides is 2. The molecule has 9 atom stereocenters. The average Bonchev–Trinajstić information content (AvgIpc) is 3.72. The van der Waals surface area contributed by atoms with E-state index in [9.17, 15) is 19.5 Å². The van der Waals surface area contributed by atoms with Gasteiger partial charge in [-0.3, -0.25) is 14.4 Å². The van der Waals surface area contributed by atoms with Crippen LogP contribution in [0.15, 0.2) is 36.0 Å². The van der Waals surface area contributed by atoms with Gasteiger partial charge in [0, 0.05) is 39.6 Å². The number of likely N-dealkylation sites (N-methyl/N-ethyl adjacent to an activating group) is 2. The molecule has 3 fully saturated rings. The first kappa shape index (κ1) is 34.9.